The van der Waals surface area contributed by atoms with Gasteiger partial charge >= 0.3 is 0 Å². The summed E-state index contributed by atoms with van der Waals surface area (Å²) < 4.78 is 1.76. The van der Waals surface area contributed by atoms with E-state index in [4.69, 9.17) is 5.73 Å². The molecule has 0 unspecified atom stereocenters. The van der Waals surface area contributed by atoms with Crippen LogP contribution in [-0.2, 0) is 0 Å². The summed E-state index contributed by atoms with van der Waals surface area (Å²) in [4.78, 5) is 13.1. The average molecular weight is 372 g/mol. The number of nitrogens with zero attached hydrogens (tertiary/aromatic N) is 3. The molecular formula is C12H12Br2N4. The van der Waals surface area contributed by atoms with Gasteiger partial charge in [0.15, 0.2) is 5.82 Å². The van der Waals surface area contributed by atoms with Crippen molar-refractivity contribution in [2.24, 2.45) is 5.73 Å². The first-order valence-corrected chi connectivity index (χ1v) is 6.98. The van der Waals surface area contributed by atoms with Gasteiger partial charge in [-0.1, -0.05) is 0 Å². The maximum absolute atomic E-state index is 5.84. The van der Waals surface area contributed by atoms with E-state index in [0.717, 1.165) is 25.9 Å². The van der Waals surface area contributed by atoms with Crippen molar-refractivity contribution in [3.8, 4) is 11.5 Å². The Bertz CT molecular complexity index is 584. The van der Waals surface area contributed by atoms with Crippen LogP contribution in [0.5, 0.6) is 0 Å². The van der Waals surface area contributed by atoms with Gasteiger partial charge in [-0.15, -0.1) is 0 Å². The van der Waals surface area contributed by atoms with Crippen molar-refractivity contribution in [3.05, 3.63) is 38.7 Å². The minimum Gasteiger partial charge on any atom is -0.324 e. The zero-order valence-corrected chi connectivity index (χ0v) is 13.2. The Hall–Kier alpha value is -0.850. The molecule has 0 fully saturated rings. The minimum absolute atomic E-state index is 0.0691. The predicted molar refractivity (Wildman–Crippen MR) is 78.0 cm³/mol. The molecule has 1 atom stereocenters. The molecule has 0 amide bonds. The Kier molecular flexibility index (Phi) is 4.09. The van der Waals surface area contributed by atoms with E-state index in [1.165, 1.54) is 0 Å². The quantitative estimate of drug-likeness (QED) is 0.878. The number of aromatic nitrogens is 3. The number of halogens is 2. The summed E-state index contributed by atoms with van der Waals surface area (Å²) in [5, 5.41) is 0. The van der Waals surface area contributed by atoms with Gasteiger partial charge in [0.25, 0.3) is 0 Å². The number of pyridine rings is 1. The topological polar surface area (TPSA) is 64.7 Å². The molecule has 2 heterocycles. The molecule has 18 heavy (non-hydrogen) atoms. The maximum Gasteiger partial charge on any atom is 0.179 e. The maximum atomic E-state index is 5.84. The van der Waals surface area contributed by atoms with Crippen molar-refractivity contribution in [3.63, 3.8) is 0 Å². The Morgan fingerprint density at radius 2 is 1.94 bits per heavy atom. The van der Waals surface area contributed by atoms with Crippen molar-refractivity contribution in [2.75, 3.05) is 0 Å². The van der Waals surface area contributed by atoms with Crippen LogP contribution >= 0.6 is 31.9 Å². The molecule has 0 bridgehead atoms. The van der Waals surface area contributed by atoms with Gasteiger partial charge in [0.1, 0.15) is 5.69 Å². The first-order chi connectivity index (χ1) is 8.49. The smallest absolute Gasteiger partial charge is 0.179 e. The summed E-state index contributed by atoms with van der Waals surface area (Å²) in [5.41, 5.74) is 8.39. The van der Waals surface area contributed by atoms with Gasteiger partial charge in [-0.25, -0.2) is 9.97 Å². The van der Waals surface area contributed by atoms with Gasteiger partial charge in [-0.05, 0) is 51.8 Å². The third-order valence-corrected chi connectivity index (χ3v) is 3.57. The van der Waals surface area contributed by atoms with E-state index in [2.05, 4.69) is 46.8 Å². The standard InChI is InChI=1S/C12H12Br2N4/c1-6(15)9-5-17-12(18-7(9)2)11-10(14)3-8(13)4-16-11/h3-6H,15H2,1-2H3/t6-/m0/s1. The molecule has 94 valence electrons. The van der Waals surface area contributed by atoms with Crippen LogP contribution in [0.4, 0.5) is 0 Å². The SMILES string of the molecule is Cc1nc(-c2ncc(Br)cc2Br)ncc1[C@H](C)N. The molecule has 2 aromatic heterocycles. The van der Waals surface area contributed by atoms with Gasteiger partial charge in [0.2, 0.25) is 0 Å². The first-order valence-electron chi connectivity index (χ1n) is 5.39. The third-order valence-electron chi connectivity index (χ3n) is 2.53. The molecule has 0 saturated carbocycles. The summed E-state index contributed by atoms with van der Waals surface area (Å²) in [6.45, 7) is 3.84. The van der Waals surface area contributed by atoms with Crippen LogP contribution in [0.1, 0.15) is 24.2 Å². The minimum atomic E-state index is -0.0691. The monoisotopic (exact) mass is 370 g/mol. The second-order valence-electron chi connectivity index (χ2n) is 4.01. The molecule has 2 aromatic rings. The molecule has 0 saturated heterocycles. The second-order valence-corrected chi connectivity index (χ2v) is 5.78. The zero-order chi connectivity index (χ0) is 13.3. The molecule has 6 heteroatoms. The third kappa shape index (κ3) is 2.76. The lowest BCUT2D eigenvalue weighted by atomic mass is 10.1. The Balaban J connectivity index is 2.49. The van der Waals surface area contributed by atoms with E-state index < -0.39 is 0 Å². The zero-order valence-electron chi connectivity index (χ0n) is 9.98. The Morgan fingerprint density at radius 1 is 1.22 bits per heavy atom. The summed E-state index contributed by atoms with van der Waals surface area (Å²) in [5.74, 6) is 0.594. The van der Waals surface area contributed by atoms with Crippen LogP contribution in [0, 0.1) is 6.92 Å². The normalized spacial score (nSPS) is 12.5. The van der Waals surface area contributed by atoms with Gasteiger partial charge in [-0.3, -0.25) is 4.98 Å². The van der Waals surface area contributed by atoms with Crippen LogP contribution < -0.4 is 5.73 Å². The molecule has 2 rings (SSSR count). The lowest BCUT2D eigenvalue weighted by Gasteiger charge is -2.10. The van der Waals surface area contributed by atoms with E-state index in [1.54, 1.807) is 12.4 Å². The molecule has 0 spiro atoms. The number of aryl methyl sites for hydroxylation is 1. The van der Waals surface area contributed by atoms with Crippen molar-refractivity contribution in [1.29, 1.82) is 0 Å². The van der Waals surface area contributed by atoms with Crippen molar-refractivity contribution in [2.45, 2.75) is 19.9 Å². The predicted octanol–water partition coefficient (Wildman–Crippen LogP) is 3.39. The number of nitrogens with two attached hydrogens (primary N) is 1. The number of hydrogen-bond acceptors (Lipinski definition) is 4. The lowest BCUT2D eigenvalue weighted by Crippen LogP contribution is -2.09. The summed E-state index contributed by atoms with van der Waals surface area (Å²) in [6.07, 6.45) is 3.48. The average Bonchev–Trinajstić information content (AvgIpc) is 2.28. The Labute approximate surface area is 122 Å². The molecule has 2 N–H and O–H groups in total. The highest BCUT2D eigenvalue weighted by atomic mass is 79.9. The van der Waals surface area contributed by atoms with Crippen LogP contribution in [-0.4, -0.2) is 15.0 Å². The Morgan fingerprint density at radius 3 is 2.50 bits per heavy atom. The van der Waals surface area contributed by atoms with Gasteiger partial charge in [0, 0.05) is 38.6 Å². The molecule has 0 aromatic carbocycles. The van der Waals surface area contributed by atoms with Crippen LogP contribution in [0.15, 0.2) is 27.4 Å². The van der Waals surface area contributed by atoms with Crippen molar-refractivity contribution >= 4 is 31.9 Å². The van der Waals surface area contributed by atoms with Gasteiger partial charge < -0.3 is 5.73 Å². The largest absolute Gasteiger partial charge is 0.324 e. The number of hydrogen-bond donors (Lipinski definition) is 1. The van der Waals surface area contributed by atoms with E-state index in [-0.39, 0.29) is 6.04 Å². The van der Waals surface area contributed by atoms with Crippen LogP contribution in [0.2, 0.25) is 0 Å². The fraction of sp³-hybridized carbons (Fsp3) is 0.250. The molecule has 0 aliphatic carbocycles. The highest BCUT2D eigenvalue weighted by molar-refractivity contribution is 9.11. The fourth-order valence-corrected chi connectivity index (χ4v) is 2.78. The van der Waals surface area contributed by atoms with Crippen molar-refractivity contribution in [1.82, 2.24) is 15.0 Å². The highest BCUT2D eigenvalue weighted by Gasteiger charge is 2.12. The van der Waals surface area contributed by atoms with E-state index in [9.17, 15) is 0 Å². The van der Waals surface area contributed by atoms with Crippen molar-refractivity contribution < 1.29 is 0 Å². The second kappa shape index (κ2) is 5.42. The number of rotatable bonds is 2. The van der Waals surface area contributed by atoms with Gasteiger partial charge in [-0.2, -0.15) is 0 Å². The summed E-state index contributed by atoms with van der Waals surface area (Å²) in [7, 11) is 0. The van der Waals surface area contributed by atoms with Crippen LogP contribution in [0.25, 0.3) is 11.5 Å². The lowest BCUT2D eigenvalue weighted by molar-refractivity contribution is 0.789. The van der Waals surface area contributed by atoms with E-state index in [0.29, 0.717) is 5.82 Å². The molecule has 0 aliphatic heterocycles. The fourth-order valence-electron chi connectivity index (χ4n) is 1.62. The van der Waals surface area contributed by atoms with Gasteiger partial charge in [0.05, 0.1) is 0 Å². The van der Waals surface area contributed by atoms with E-state index in [1.807, 2.05) is 19.9 Å². The molecular weight excluding hydrogens is 360 g/mol. The molecule has 0 radical (unpaired) electrons. The van der Waals surface area contributed by atoms with Crippen LogP contribution in [0.3, 0.4) is 0 Å². The highest BCUT2D eigenvalue weighted by Crippen LogP contribution is 2.26. The summed E-state index contributed by atoms with van der Waals surface area (Å²) >= 11 is 6.82. The first kappa shape index (κ1) is 13.6. The summed E-state index contributed by atoms with van der Waals surface area (Å²) in [6, 6.07) is 1.85. The van der Waals surface area contributed by atoms with E-state index >= 15 is 0 Å². The molecule has 0 aliphatic rings. The molecule has 4 nitrogen and oxygen atoms in total.